The van der Waals surface area contributed by atoms with Crippen LogP contribution >= 0.6 is 15.9 Å². The van der Waals surface area contributed by atoms with E-state index < -0.39 is 6.36 Å². The molecule has 0 radical (unpaired) electrons. The number of hydrogen-bond donors (Lipinski definition) is 1. The highest BCUT2D eigenvalue weighted by atomic mass is 79.9. The van der Waals surface area contributed by atoms with Crippen LogP contribution in [-0.4, -0.2) is 32.0 Å². The number of rotatable bonds is 3. The third kappa shape index (κ3) is 4.51. The lowest BCUT2D eigenvalue weighted by molar-refractivity contribution is -0.274. The summed E-state index contributed by atoms with van der Waals surface area (Å²) < 4.78 is 41.0. The highest BCUT2D eigenvalue weighted by Crippen LogP contribution is 2.33. The number of alkyl halides is 3. The Balaban J connectivity index is 2.12. The molecule has 7 heteroatoms. The molecule has 1 aliphatic heterocycles. The number of nitrogens with zero attached hydrogens (tertiary/aromatic N) is 1. The minimum absolute atomic E-state index is 0.221. The van der Waals surface area contributed by atoms with E-state index in [1.807, 2.05) is 0 Å². The van der Waals surface area contributed by atoms with Gasteiger partial charge < -0.3 is 15.0 Å². The van der Waals surface area contributed by atoms with Crippen molar-refractivity contribution in [2.45, 2.75) is 26.3 Å². The molecular formula is C14H18BrF3N2O. The Hall–Kier alpha value is -0.950. The summed E-state index contributed by atoms with van der Waals surface area (Å²) in [7, 11) is 0. The fourth-order valence-electron chi connectivity index (χ4n) is 2.35. The standard InChI is InChI=1S/C14H18BrF3N2O/c1-9(2)12-8-20(6-5-19-12)10-3-4-13(11(15)7-10)21-14(16,17)18/h3-4,7,9,12,19H,5-6,8H2,1-2H3. The molecule has 1 aromatic rings. The van der Waals surface area contributed by atoms with E-state index in [0.717, 1.165) is 25.3 Å². The summed E-state index contributed by atoms with van der Waals surface area (Å²) in [4.78, 5) is 2.17. The SMILES string of the molecule is CC(C)C1CN(c2ccc(OC(F)(F)F)c(Br)c2)CCN1. The molecule has 0 spiro atoms. The van der Waals surface area contributed by atoms with Crippen LogP contribution in [0.4, 0.5) is 18.9 Å². The Morgan fingerprint density at radius 3 is 2.67 bits per heavy atom. The zero-order chi connectivity index (χ0) is 15.6. The molecule has 1 fully saturated rings. The van der Waals surface area contributed by atoms with Crippen molar-refractivity contribution in [2.75, 3.05) is 24.5 Å². The predicted molar refractivity (Wildman–Crippen MR) is 79.7 cm³/mol. The number of anilines is 1. The first-order valence-corrected chi connectivity index (χ1v) is 7.59. The molecule has 1 aliphatic rings. The fraction of sp³-hybridized carbons (Fsp3) is 0.571. The quantitative estimate of drug-likeness (QED) is 0.880. The van der Waals surface area contributed by atoms with E-state index in [9.17, 15) is 13.2 Å². The van der Waals surface area contributed by atoms with Gasteiger partial charge in [0.1, 0.15) is 5.75 Å². The maximum atomic E-state index is 12.3. The Kier molecular flexibility index (Phi) is 5.03. The Labute approximate surface area is 130 Å². The van der Waals surface area contributed by atoms with Gasteiger partial charge in [0.15, 0.2) is 0 Å². The van der Waals surface area contributed by atoms with Gasteiger partial charge in [-0.15, -0.1) is 13.2 Å². The van der Waals surface area contributed by atoms with E-state index >= 15 is 0 Å². The van der Waals surface area contributed by atoms with E-state index in [1.54, 1.807) is 12.1 Å². The molecule has 0 aromatic heterocycles. The van der Waals surface area contributed by atoms with Crippen LogP contribution in [0, 0.1) is 5.92 Å². The first-order valence-electron chi connectivity index (χ1n) is 6.80. The molecule has 0 bridgehead atoms. The molecule has 1 aromatic carbocycles. The molecule has 0 aliphatic carbocycles. The maximum Gasteiger partial charge on any atom is 0.573 e. The second-order valence-corrected chi connectivity index (χ2v) is 6.27. The highest BCUT2D eigenvalue weighted by Gasteiger charge is 2.32. The highest BCUT2D eigenvalue weighted by molar-refractivity contribution is 9.10. The average molecular weight is 367 g/mol. The first kappa shape index (κ1) is 16.4. The summed E-state index contributed by atoms with van der Waals surface area (Å²) in [6.45, 7) is 6.83. The topological polar surface area (TPSA) is 24.5 Å². The van der Waals surface area contributed by atoms with E-state index in [-0.39, 0.29) is 5.75 Å². The normalized spacial score (nSPS) is 20.0. The largest absolute Gasteiger partial charge is 0.573 e. The van der Waals surface area contributed by atoms with E-state index in [2.05, 4.69) is 44.7 Å². The van der Waals surface area contributed by atoms with Crippen LogP contribution in [-0.2, 0) is 0 Å². The van der Waals surface area contributed by atoms with Gasteiger partial charge >= 0.3 is 6.36 Å². The van der Waals surface area contributed by atoms with Gasteiger partial charge in [-0.2, -0.15) is 0 Å². The summed E-state index contributed by atoms with van der Waals surface area (Å²) in [6, 6.07) is 5.06. The van der Waals surface area contributed by atoms with Crippen molar-refractivity contribution in [3.05, 3.63) is 22.7 Å². The first-order chi connectivity index (χ1) is 9.76. The van der Waals surface area contributed by atoms with Crippen LogP contribution in [0.3, 0.4) is 0 Å². The third-order valence-corrected chi connectivity index (χ3v) is 4.14. The molecule has 1 N–H and O–H groups in total. The maximum absolute atomic E-state index is 12.3. The minimum atomic E-state index is -4.68. The van der Waals surface area contributed by atoms with Gasteiger partial charge in [0, 0.05) is 31.4 Å². The monoisotopic (exact) mass is 366 g/mol. The lowest BCUT2D eigenvalue weighted by Gasteiger charge is -2.37. The van der Waals surface area contributed by atoms with Crippen LogP contribution in [0.25, 0.3) is 0 Å². The number of halogens is 4. The van der Waals surface area contributed by atoms with Crippen LogP contribution < -0.4 is 15.0 Å². The van der Waals surface area contributed by atoms with E-state index in [0.29, 0.717) is 16.4 Å². The fourth-order valence-corrected chi connectivity index (χ4v) is 2.80. The van der Waals surface area contributed by atoms with Gasteiger partial charge in [-0.25, -0.2) is 0 Å². The molecule has 1 atom stereocenters. The number of nitrogens with one attached hydrogen (secondary N) is 1. The molecule has 1 unspecified atom stereocenters. The smallest absolute Gasteiger partial charge is 0.405 e. The molecule has 2 rings (SSSR count). The second-order valence-electron chi connectivity index (χ2n) is 5.41. The van der Waals surface area contributed by atoms with Crippen LogP contribution in [0.1, 0.15) is 13.8 Å². The number of benzene rings is 1. The molecule has 118 valence electrons. The zero-order valence-electron chi connectivity index (χ0n) is 11.9. The Morgan fingerprint density at radius 2 is 2.10 bits per heavy atom. The summed E-state index contributed by atoms with van der Waals surface area (Å²) in [5.74, 6) is 0.283. The number of ether oxygens (including phenoxy) is 1. The van der Waals surface area contributed by atoms with Crippen molar-refractivity contribution in [1.29, 1.82) is 0 Å². The van der Waals surface area contributed by atoms with Gasteiger partial charge in [0.05, 0.1) is 4.47 Å². The summed E-state index contributed by atoms with van der Waals surface area (Å²) in [5.41, 5.74) is 0.892. The number of piperazine rings is 1. The molecule has 3 nitrogen and oxygen atoms in total. The lowest BCUT2D eigenvalue weighted by Crippen LogP contribution is -2.53. The van der Waals surface area contributed by atoms with E-state index in [4.69, 9.17) is 0 Å². The molecule has 1 saturated heterocycles. The van der Waals surface area contributed by atoms with Crippen molar-refractivity contribution in [3.63, 3.8) is 0 Å². The van der Waals surface area contributed by atoms with E-state index in [1.165, 1.54) is 6.07 Å². The van der Waals surface area contributed by atoms with Gasteiger partial charge in [-0.1, -0.05) is 13.8 Å². The molecular weight excluding hydrogens is 349 g/mol. The Bertz CT molecular complexity index is 494. The molecule has 0 amide bonds. The second kappa shape index (κ2) is 6.44. The zero-order valence-corrected chi connectivity index (χ0v) is 13.5. The van der Waals surface area contributed by atoms with Gasteiger partial charge in [-0.05, 0) is 40.0 Å². The molecule has 0 saturated carbocycles. The van der Waals surface area contributed by atoms with Crippen molar-refractivity contribution >= 4 is 21.6 Å². The van der Waals surface area contributed by atoms with Gasteiger partial charge in [0.25, 0.3) is 0 Å². The summed E-state index contributed by atoms with van der Waals surface area (Å²) in [6.07, 6.45) is -4.68. The van der Waals surface area contributed by atoms with Gasteiger partial charge in [0.2, 0.25) is 0 Å². The third-order valence-electron chi connectivity index (χ3n) is 3.52. The van der Waals surface area contributed by atoms with Crippen LogP contribution in [0.15, 0.2) is 22.7 Å². The van der Waals surface area contributed by atoms with Crippen LogP contribution in [0.2, 0.25) is 0 Å². The van der Waals surface area contributed by atoms with Crippen LogP contribution in [0.5, 0.6) is 5.75 Å². The van der Waals surface area contributed by atoms with Crippen molar-refractivity contribution in [1.82, 2.24) is 5.32 Å². The molecule has 21 heavy (non-hydrogen) atoms. The number of hydrogen-bond acceptors (Lipinski definition) is 3. The molecule has 1 heterocycles. The summed E-state index contributed by atoms with van der Waals surface area (Å²) >= 11 is 3.14. The lowest BCUT2D eigenvalue weighted by atomic mass is 10.0. The van der Waals surface area contributed by atoms with Crippen molar-refractivity contribution < 1.29 is 17.9 Å². The average Bonchev–Trinajstić information content (AvgIpc) is 2.40. The Morgan fingerprint density at radius 1 is 1.38 bits per heavy atom. The van der Waals surface area contributed by atoms with Crippen molar-refractivity contribution in [3.8, 4) is 5.75 Å². The van der Waals surface area contributed by atoms with Gasteiger partial charge in [-0.3, -0.25) is 0 Å². The summed E-state index contributed by atoms with van der Waals surface area (Å²) in [5, 5.41) is 3.45. The van der Waals surface area contributed by atoms with Crippen molar-refractivity contribution in [2.24, 2.45) is 5.92 Å². The minimum Gasteiger partial charge on any atom is -0.405 e. The predicted octanol–water partition coefficient (Wildman–Crippen LogP) is 3.78.